The Morgan fingerprint density at radius 3 is 2.58 bits per heavy atom. The van der Waals surface area contributed by atoms with E-state index in [4.69, 9.17) is 10.5 Å². The van der Waals surface area contributed by atoms with Gasteiger partial charge < -0.3 is 10.5 Å². The van der Waals surface area contributed by atoms with Crippen LogP contribution in [0.5, 0.6) is 5.75 Å². The Morgan fingerprint density at radius 1 is 1.26 bits per heavy atom. The van der Waals surface area contributed by atoms with Crippen LogP contribution in [-0.4, -0.2) is 12.1 Å². The molecule has 3 nitrogen and oxygen atoms in total. The number of aromatic nitrogens is 1. The topological polar surface area (TPSA) is 48.1 Å². The van der Waals surface area contributed by atoms with E-state index in [2.05, 4.69) is 4.98 Å². The van der Waals surface area contributed by atoms with Crippen LogP contribution in [0.15, 0.2) is 36.5 Å². The third kappa shape index (κ3) is 2.58. The van der Waals surface area contributed by atoms with Gasteiger partial charge in [0.15, 0.2) is 0 Å². The summed E-state index contributed by atoms with van der Waals surface area (Å²) in [5.74, 6) is 0.317. The Morgan fingerprint density at radius 2 is 2.00 bits per heavy atom. The molecule has 0 aliphatic rings. The maximum absolute atomic E-state index is 13.0. The first kappa shape index (κ1) is 13.5. The molecule has 19 heavy (non-hydrogen) atoms. The predicted molar refractivity (Wildman–Crippen MR) is 72.6 cm³/mol. The number of rotatable bonds is 3. The van der Waals surface area contributed by atoms with E-state index in [1.165, 1.54) is 12.3 Å². The van der Waals surface area contributed by atoms with Gasteiger partial charge in [0.05, 0.1) is 24.5 Å². The lowest BCUT2D eigenvalue weighted by molar-refractivity contribution is 0.397. The van der Waals surface area contributed by atoms with E-state index in [1.807, 2.05) is 32.0 Å². The van der Waals surface area contributed by atoms with Gasteiger partial charge in [-0.05, 0) is 32.0 Å². The Hall–Kier alpha value is -1.94. The van der Waals surface area contributed by atoms with Crippen molar-refractivity contribution in [2.24, 2.45) is 5.73 Å². The Bertz CT molecular complexity index is 579. The fourth-order valence-corrected chi connectivity index (χ4v) is 2.05. The number of aryl methyl sites for hydroxylation is 1. The summed E-state index contributed by atoms with van der Waals surface area (Å²) in [5.41, 5.74) is 8.05. The zero-order chi connectivity index (χ0) is 14.0. The number of nitrogens with zero attached hydrogens (tertiary/aromatic N) is 1. The molecule has 1 heterocycles. The van der Waals surface area contributed by atoms with Gasteiger partial charge in [-0.3, -0.25) is 4.98 Å². The minimum absolute atomic E-state index is 0.379. The van der Waals surface area contributed by atoms with E-state index in [9.17, 15) is 4.39 Å². The maximum atomic E-state index is 13.0. The highest BCUT2D eigenvalue weighted by atomic mass is 19.1. The predicted octanol–water partition coefficient (Wildman–Crippen LogP) is 2.76. The number of halogens is 1. The molecule has 1 aromatic carbocycles. The third-order valence-electron chi connectivity index (χ3n) is 3.17. The number of ether oxygens (including phenoxy) is 1. The molecule has 2 aromatic rings. The van der Waals surface area contributed by atoms with E-state index < -0.39 is 5.54 Å². The maximum Gasteiger partial charge on any atom is 0.141 e. The van der Waals surface area contributed by atoms with E-state index >= 15 is 0 Å². The van der Waals surface area contributed by atoms with Crippen LogP contribution >= 0.6 is 0 Å². The fourth-order valence-electron chi connectivity index (χ4n) is 2.05. The van der Waals surface area contributed by atoms with Gasteiger partial charge >= 0.3 is 0 Å². The Kier molecular flexibility index (Phi) is 3.53. The van der Waals surface area contributed by atoms with Crippen LogP contribution in [0.1, 0.15) is 23.7 Å². The largest absolute Gasteiger partial charge is 0.496 e. The standard InChI is InChI=1S/C15H17FN2O/c1-10-4-6-13(19-3)12(8-10)15(2,17)14-7-5-11(16)9-18-14/h4-9H,17H2,1-3H3. The van der Waals surface area contributed by atoms with Crippen molar-refractivity contribution in [3.63, 3.8) is 0 Å². The molecule has 0 fully saturated rings. The van der Waals surface area contributed by atoms with E-state index in [1.54, 1.807) is 13.2 Å². The molecular weight excluding hydrogens is 243 g/mol. The molecule has 0 amide bonds. The summed E-state index contributed by atoms with van der Waals surface area (Å²) in [6, 6.07) is 8.74. The minimum Gasteiger partial charge on any atom is -0.496 e. The summed E-state index contributed by atoms with van der Waals surface area (Å²) in [7, 11) is 1.60. The second kappa shape index (κ2) is 4.97. The number of methoxy groups -OCH3 is 1. The molecular formula is C15H17FN2O. The zero-order valence-corrected chi connectivity index (χ0v) is 11.3. The van der Waals surface area contributed by atoms with Crippen molar-refractivity contribution in [1.29, 1.82) is 0 Å². The molecule has 1 atom stereocenters. The Balaban J connectivity index is 2.55. The van der Waals surface area contributed by atoms with E-state index in [-0.39, 0.29) is 5.82 Å². The first-order valence-electron chi connectivity index (χ1n) is 6.01. The van der Waals surface area contributed by atoms with Crippen molar-refractivity contribution in [3.8, 4) is 5.75 Å². The third-order valence-corrected chi connectivity index (χ3v) is 3.17. The second-order valence-electron chi connectivity index (χ2n) is 4.77. The van der Waals surface area contributed by atoms with Crippen LogP contribution in [0.25, 0.3) is 0 Å². The minimum atomic E-state index is -0.842. The van der Waals surface area contributed by atoms with Gasteiger partial charge in [-0.15, -0.1) is 0 Å². The van der Waals surface area contributed by atoms with Gasteiger partial charge in [0.2, 0.25) is 0 Å². The first-order valence-corrected chi connectivity index (χ1v) is 6.01. The fraction of sp³-hybridized carbons (Fsp3) is 0.267. The second-order valence-corrected chi connectivity index (χ2v) is 4.77. The monoisotopic (exact) mass is 260 g/mol. The van der Waals surface area contributed by atoms with Crippen molar-refractivity contribution >= 4 is 0 Å². The van der Waals surface area contributed by atoms with E-state index in [0.717, 1.165) is 11.1 Å². The summed E-state index contributed by atoms with van der Waals surface area (Å²) in [6.45, 7) is 3.82. The summed E-state index contributed by atoms with van der Waals surface area (Å²) < 4.78 is 18.3. The normalized spacial score (nSPS) is 13.9. The summed E-state index contributed by atoms with van der Waals surface area (Å²) in [5, 5.41) is 0. The molecule has 0 saturated heterocycles. The molecule has 0 spiro atoms. The van der Waals surface area contributed by atoms with Gasteiger partial charge in [0, 0.05) is 5.56 Å². The molecule has 0 saturated carbocycles. The van der Waals surface area contributed by atoms with Gasteiger partial charge in [0.25, 0.3) is 0 Å². The lowest BCUT2D eigenvalue weighted by atomic mass is 9.87. The molecule has 0 radical (unpaired) electrons. The quantitative estimate of drug-likeness (QED) is 0.923. The van der Waals surface area contributed by atoms with Crippen molar-refractivity contribution in [2.45, 2.75) is 19.4 Å². The van der Waals surface area contributed by atoms with Crippen LogP contribution in [0.4, 0.5) is 4.39 Å². The number of hydrogen-bond donors (Lipinski definition) is 1. The van der Waals surface area contributed by atoms with Crippen molar-refractivity contribution in [2.75, 3.05) is 7.11 Å². The average molecular weight is 260 g/mol. The first-order chi connectivity index (χ1) is 8.95. The summed E-state index contributed by atoms with van der Waals surface area (Å²) in [4.78, 5) is 4.08. The molecule has 100 valence electrons. The van der Waals surface area contributed by atoms with Crippen LogP contribution in [0, 0.1) is 12.7 Å². The molecule has 0 aliphatic heterocycles. The number of nitrogens with two attached hydrogens (primary N) is 1. The van der Waals surface area contributed by atoms with Crippen LogP contribution in [0.2, 0.25) is 0 Å². The average Bonchev–Trinajstić information content (AvgIpc) is 2.39. The van der Waals surface area contributed by atoms with Crippen LogP contribution in [0.3, 0.4) is 0 Å². The highest BCUT2D eigenvalue weighted by molar-refractivity contribution is 5.45. The molecule has 0 bridgehead atoms. The Labute approximate surface area is 112 Å². The number of hydrogen-bond acceptors (Lipinski definition) is 3. The number of benzene rings is 1. The lowest BCUT2D eigenvalue weighted by Crippen LogP contribution is -2.35. The number of pyridine rings is 1. The molecule has 2 N–H and O–H groups in total. The van der Waals surface area contributed by atoms with Crippen LogP contribution < -0.4 is 10.5 Å². The highest BCUT2D eigenvalue weighted by Crippen LogP contribution is 2.33. The van der Waals surface area contributed by atoms with Gasteiger partial charge in [0.1, 0.15) is 11.6 Å². The summed E-state index contributed by atoms with van der Waals surface area (Å²) in [6.07, 6.45) is 1.17. The SMILES string of the molecule is COc1ccc(C)cc1C(C)(N)c1ccc(F)cn1. The van der Waals surface area contributed by atoms with Gasteiger partial charge in [-0.2, -0.15) is 0 Å². The molecule has 1 unspecified atom stereocenters. The van der Waals surface area contributed by atoms with Gasteiger partial charge in [-0.25, -0.2) is 4.39 Å². The zero-order valence-electron chi connectivity index (χ0n) is 11.3. The molecule has 0 aliphatic carbocycles. The molecule has 1 aromatic heterocycles. The smallest absolute Gasteiger partial charge is 0.141 e. The molecule has 2 rings (SSSR count). The van der Waals surface area contributed by atoms with E-state index in [0.29, 0.717) is 11.4 Å². The highest BCUT2D eigenvalue weighted by Gasteiger charge is 2.28. The summed E-state index contributed by atoms with van der Waals surface area (Å²) >= 11 is 0. The van der Waals surface area contributed by atoms with Crippen LogP contribution in [-0.2, 0) is 5.54 Å². The lowest BCUT2D eigenvalue weighted by Gasteiger charge is -2.27. The molecule has 4 heteroatoms. The van der Waals surface area contributed by atoms with Crippen molar-refractivity contribution < 1.29 is 9.13 Å². The van der Waals surface area contributed by atoms with Crippen molar-refractivity contribution in [1.82, 2.24) is 4.98 Å². The van der Waals surface area contributed by atoms with Crippen molar-refractivity contribution in [3.05, 3.63) is 59.2 Å². The van der Waals surface area contributed by atoms with Gasteiger partial charge in [-0.1, -0.05) is 17.7 Å².